The summed E-state index contributed by atoms with van der Waals surface area (Å²) in [6.45, 7) is 5.53. The first kappa shape index (κ1) is 16.7. The van der Waals surface area contributed by atoms with Crippen molar-refractivity contribution in [2.45, 2.75) is 33.2 Å². The molecule has 1 saturated heterocycles. The van der Waals surface area contributed by atoms with Crippen LogP contribution in [0.2, 0.25) is 0 Å². The zero-order valence-corrected chi connectivity index (χ0v) is 15.8. The standard InChI is InChI=1S/C22H24N2O3/c1-10-5-4-6-11(2)19(10)23-20(25)12(3)24-21(26)17-13-7-8-14(16-9-15(13)16)18(17)22(24)27/h4-8,12-18H,9H2,1-3H3,(H,23,25)/t12-,13-,14-,15-,16-,17-,18+/m1/s1. The Kier molecular flexibility index (Phi) is 3.43. The largest absolute Gasteiger partial charge is 0.324 e. The fourth-order valence-electron chi connectivity index (χ4n) is 5.72. The van der Waals surface area contributed by atoms with E-state index < -0.39 is 6.04 Å². The van der Waals surface area contributed by atoms with Crippen LogP contribution in [0, 0.1) is 49.4 Å². The van der Waals surface area contributed by atoms with Gasteiger partial charge in [0.2, 0.25) is 17.7 Å². The molecule has 0 aromatic heterocycles. The van der Waals surface area contributed by atoms with Gasteiger partial charge in [-0.1, -0.05) is 30.4 Å². The number of aryl methyl sites for hydroxylation is 2. The third-order valence-corrected chi connectivity index (χ3v) is 7.19. The molecule has 4 aliphatic carbocycles. The second-order valence-electron chi connectivity index (χ2n) is 8.63. The number of anilines is 1. The van der Waals surface area contributed by atoms with E-state index in [1.807, 2.05) is 32.0 Å². The van der Waals surface area contributed by atoms with Gasteiger partial charge < -0.3 is 5.32 Å². The van der Waals surface area contributed by atoms with Gasteiger partial charge in [-0.25, -0.2) is 0 Å². The van der Waals surface area contributed by atoms with Crippen LogP contribution in [0.15, 0.2) is 30.4 Å². The molecule has 0 radical (unpaired) electrons. The molecule has 2 bridgehead atoms. The van der Waals surface area contributed by atoms with E-state index in [9.17, 15) is 14.4 Å². The molecule has 5 heteroatoms. The lowest BCUT2D eigenvalue weighted by Crippen LogP contribution is -2.46. The van der Waals surface area contributed by atoms with Crippen LogP contribution >= 0.6 is 0 Å². The number of nitrogens with one attached hydrogen (secondary N) is 1. The molecular weight excluding hydrogens is 340 g/mol. The van der Waals surface area contributed by atoms with E-state index in [0.29, 0.717) is 11.8 Å². The highest BCUT2D eigenvalue weighted by Gasteiger charge is 2.67. The minimum Gasteiger partial charge on any atom is -0.324 e. The van der Waals surface area contributed by atoms with Gasteiger partial charge in [0.05, 0.1) is 11.8 Å². The summed E-state index contributed by atoms with van der Waals surface area (Å²) >= 11 is 0. The molecule has 2 saturated carbocycles. The molecule has 3 amide bonds. The Morgan fingerprint density at radius 1 is 1.04 bits per heavy atom. The Labute approximate surface area is 158 Å². The Morgan fingerprint density at radius 2 is 1.56 bits per heavy atom. The lowest BCUT2D eigenvalue weighted by atomic mass is 9.63. The molecule has 6 rings (SSSR count). The van der Waals surface area contributed by atoms with Crippen molar-refractivity contribution in [2.75, 3.05) is 5.32 Å². The van der Waals surface area contributed by atoms with Gasteiger partial charge in [-0.2, -0.15) is 0 Å². The van der Waals surface area contributed by atoms with Gasteiger partial charge in [0.15, 0.2) is 0 Å². The Hall–Kier alpha value is -2.43. The van der Waals surface area contributed by atoms with Crippen molar-refractivity contribution in [2.24, 2.45) is 35.5 Å². The van der Waals surface area contributed by atoms with E-state index in [4.69, 9.17) is 0 Å². The summed E-state index contributed by atoms with van der Waals surface area (Å²) in [5.74, 6) is 0.364. The molecule has 5 nitrogen and oxygen atoms in total. The van der Waals surface area contributed by atoms with Crippen molar-refractivity contribution < 1.29 is 14.4 Å². The number of rotatable bonds is 3. The maximum atomic E-state index is 13.1. The van der Waals surface area contributed by atoms with Crippen LogP contribution in [-0.4, -0.2) is 28.7 Å². The van der Waals surface area contributed by atoms with Gasteiger partial charge in [0, 0.05) is 5.69 Å². The number of allylic oxidation sites excluding steroid dienone is 2. The maximum absolute atomic E-state index is 13.1. The average molecular weight is 364 g/mol. The quantitative estimate of drug-likeness (QED) is 0.662. The molecule has 0 unspecified atom stereocenters. The number of carbonyl (C=O) groups is 3. The number of benzene rings is 1. The monoisotopic (exact) mass is 364 g/mol. The van der Waals surface area contributed by atoms with E-state index in [1.54, 1.807) is 6.92 Å². The first-order valence-corrected chi connectivity index (χ1v) is 9.82. The van der Waals surface area contributed by atoms with Gasteiger partial charge in [0.1, 0.15) is 6.04 Å². The molecule has 27 heavy (non-hydrogen) atoms. The summed E-state index contributed by atoms with van der Waals surface area (Å²) in [6.07, 6.45) is 5.44. The van der Waals surface area contributed by atoms with E-state index in [1.165, 1.54) is 4.90 Å². The summed E-state index contributed by atoms with van der Waals surface area (Å²) in [5, 5.41) is 2.93. The highest BCUT2D eigenvalue weighted by atomic mass is 16.2. The molecule has 1 N–H and O–H groups in total. The van der Waals surface area contributed by atoms with Crippen LogP contribution in [0.1, 0.15) is 24.5 Å². The van der Waals surface area contributed by atoms with Crippen LogP contribution < -0.4 is 5.32 Å². The highest BCUT2D eigenvalue weighted by Crippen LogP contribution is 2.65. The molecular formula is C22H24N2O3. The number of amides is 3. The van der Waals surface area contributed by atoms with Gasteiger partial charge in [-0.15, -0.1) is 0 Å². The average Bonchev–Trinajstić information content (AvgIpc) is 3.42. The summed E-state index contributed by atoms with van der Waals surface area (Å²) in [7, 11) is 0. The number of hydrogen-bond acceptors (Lipinski definition) is 3. The van der Waals surface area contributed by atoms with Crippen molar-refractivity contribution in [3.63, 3.8) is 0 Å². The molecule has 1 aromatic rings. The number of nitrogens with zero attached hydrogens (tertiary/aromatic N) is 1. The van der Waals surface area contributed by atoms with Crippen LogP contribution in [0.4, 0.5) is 5.69 Å². The molecule has 5 aliphatic rings. The number of para-hydroxylation sites is 1. The van der Waals surface area contributed by atoms with E-state index >= 15 is 0 Å². The first-order chi connectivity index (χ1) is 12.9. The third kappa shape index (κ3) is 2.20. The van der Waals surface area contributed by atoms with Crippen molar-refractivity contribution >= 4 is 23.4 Å². The summed E-state index contributed by atoms with van der Waals surface area (Å²) < 4.78 is 0. The SMILES string of the molecule is Cc1cccc(C)c1NC(=O)[C@@H](C)N1C(=O)[C@@H]2[C@@H]3C=C[C@H]([C@H]4C[C@H]34)[C@@H]2C1=O. The molecule has 140 valence electrons. The normalized spacial score (nSPS) is 36.5. The minimum atomic E-state index is -0.801. The van der Waals surface area contributed by atoms with Crippen LogP contribution in [-0.2, 0) is 14.4 Å². The predicted octanol–water partition coefficient (Wildman–Crippen LogP) is 2.68. The molecule has 1 aromatic carbocycles. The number of likely N-dealkylation sites (tertiary alicyclic amines) is 1. The lowest BCUT2D eigenvalue weighted by Gasteiger charge is -2.37. The molecule has 1 heterocycles. The summed E-state index contributed by atoms with van der Waals surface area (Å²) in [4.78, 5) is 40.4. The van der Waals surface area contributed by atoms with Crippen molar-refractivity contribution in [1.29, 1.82) is 0 Å². The van der Waals surface area contributed by atoms with Crippen molar-refractivity contribution in [1.82, 2.24) is 4.90 Å². The molecule has 1 aliphatic heterocycles. The first-order valence-electron chi connectivity index (χ1n) is 9.82. The Morgan fingerprint density at radius 3 is 2.07 bits per heavy atom. The maximum Gasteiger partial charge on any atom is 0.247 e. The van der Waals surface area contributed by atoms with Gasteiger partial charge >= 0.3 is 0 Å². The highest BCUT2D eigenvalue weighted by molar-refractivity contribution is 6.10. The minimum absolute atomic E-state index is 0.154. The van der Waals surface area contributed by atoms with E-state index in [0.717, 1.165) is 23.2 Å². The molecule has 7 atom stereocenters. The van der Waals surface area contributed by atoms with Crippen molar-refractivity contribution in [3.05, 3.63) is 41.5 Å². The smallest absolute Gasteiger partial charge is 0.247 e. The van der Waals surface area contributed by atoms with Crippen LogP contribution in [0.25, 0.3) is 0 Å². The van der Waals surface area contributed by atoms with E-state index in [2.05, 4.69) is 17.5 Å². The van der Waals surface area contributed by atoms with E-state index in [-0.39, 0.29) is 41.4 Å². The lowest BCUT2D eigenvalue weighted by molar-refractivity contribution is -0.146. The van der Waals surface area contributed by atoms with Gasteiger partial charge in [-0.3, -0.25) is 19.3 Å². The molecule has 3 fully saturated rings. The van der Waals surface area contributed by atoms with Crippen LogP contribution in [0.5, 0.6) is 0 Å². The topological polar surface area (TPSA) is 66.5 Å². The van der Waals surface area contributed by atoms with Gasteiger partial charge in [0.25, 0.3) is 0 Å². The predicted molar refractivity (Wildman–Crippen MR) is 101 cm³/mol. The number of hydrogen-bond donors (Lipinski definition) is 1. The summed E-state index contributed by atoms with van der Waals surface area (Å²) in [5.41, 5.74) is 2.69. The fraction of sp³-hybridized carbons (Fsp3) is 0.500. The molecule has 0 spiro atoms. The van der Waals surface area contributed by atoms with Crippen molar-refractivity contribution in [3.8, 4) is 0 Å². The third-order valence-electron chi connectivity index (χ3n) is 7.19. The summed E-state index contributed by atoms with van der Waals surface area (Å²) in [6, 6.07) is 5.01. The van der Waals surface area contributed by atoms with Crippen LogP contribution in [0.3, 0.4) is 0 Å². The second-order valence-corrected chi connectivity index (χ2v) is 8.63. The van der Waals surface area contributed by atoms with Gasteiger partial charge in [-0.05, 0) is 62.0 Å². The zero-order valence-electron chi connectivity index (χ0n) is 15.8. The Bertz CT molecular complexity index is 849. The number of imide groups is 1. The second kappa shape index (κ2) is 5.54. The number of carbonyl (C=O) groups excluding carboxylic acids is 3. The zero-order chi connectivity index (χ0) is 19.0. The Balaban J connectivity index is 1.40. The fourth-order valence-corrected chi connectivity index (χ4v) is 5.72.